The van der Waals surface area contributed by atoms with Crippen molar-refractivity contribution >= 4 is 16.0 Å². The van der Waals surface area contributed by atoms with Crippen LogP contribution >= 0.6 is 0 Å². The molecular weight excluding hydrogens is 372 g/mol. The molecule has 1 aliphatic rings. The Morgan fingerprint density at radius 3 is 2.56 bits per heavy atom. The molecule has 0 amide bonds. The molecule has 146 valence electrons. The minimum absolute atomic E-state index is 0.0133. The fourth-order valence-electron chi connectivity index (χ4n) is 2.86. The highest BCUT2D eigenvalue weighted by atomic mass is 32.2. The lowest BCUT2D eigenvalue weighted by Gasteiger charge is -2.26. The third-order valence-electron chi connectivity index (χ3n) is 4.54. The Hall–Kier alpha value is -2.23. The summed E-state index contributed by atoms with van der Waals surface area (Å²) in [5.41, 5.74) is 2.11. The van der Waals surface area contributed by atoms with Crippen molar-refractivity contribution in [1.29, 1.82) is 0 Å². The van der Waals surface area contributed by atoms with Gasteiger partial charge in [-0.2, -0.15) is 4.31 Å². The molecule has 2 aromatic rings. The predicted molar refractivity (Wildman–Crippen MR) is 95.9 cm³/mol. The number of hydrogen-bond donors (Lipinski definition) is 0. The Labute approximate surface area is 158 Å². The van der Waals surface area contributed by atoms with E-state index in [0.717, 1.165) is 0 Å². The normalized spacial score (nSPS) is 15.7. The maximum absolute atomic E-state index is 12.9. The second-order valence-electron chi connectivity index (χ2n) is 6.38. The van der Waals surface area contributed by atoms with Crippen LogP contribution in [0.3, 0.4) is 0 Å². The molecule has 9 heteroatoms. The first-order chi connectivity index (χ1) is 12.8. The highest BCUT2D eigenvalue weighted by molar-refractivity contribution is 7.89. The molecule has 1 fully saturated rings. The van der Waals surface area contributed by atoms with Crippen molar-refractivity contribution in [2.45, 2.75) is 32.3 Å². The van der Waals surface area contributed by atoms with E-state index in [2.05, 4.69) is 5.16 Å². The number of hydrogen-bond acceptors (Lipinski definition) is 7. The van der Waals surface area contributed by atoms with Gasteiger partial charge in [-0.3, -0.25) is 0 Å². The molecular formula is C18H22N2O6S. The molecule has 1 aromatic carbocycles. The van der Waals surface area contributed by atoms with Gasteiger partial charge < -0.3 is 14.0 Å². The van der Waals surface area contributed by atoms with Crippen LogP contribution in [0.15, 0.2) is 27.6 Å². The van der Waals surface area contributed by atoms with Gasteiger partial charge in [0, 0.05) is 13.1 Å². The predicted octanol–water partition coefficient (Wildman–Crippen LogP) is 1.98. The van der Waals surface area contributed by atoms with Crippen molar-refractivity contribution in [3.05, 3.63) is 46.3 Å². The molecule has 3 rings (SSSR count). The van der Waals surface area contributed by atoms with Gasteiger partial charge in [0.15, 0.2) is 0 Å². The number of esters is 1. The van der Waals surface area contributed by atoms with E-state index in [9.17, 15) is 13.2 Å². The average Bonchev–Trinajstić information content (AvgIpc) is 2.98. The number of aryl methyl sites for hydroxylation is 3. The maximum Gasteiger partial charge on any atom is 0.338 e. The van der Waals surface area contributed by atoms with E-state index in [4.69, 9.17) is 14.0 Å². The number of rotatable bonds is 5. The monoisotopic (exact) mass is 394 g/mol. The molecule has 0 saturated carbocycles. The van der Waals surface area contributed by atoms with Crippen molar-refractivity contribution < 1.29 is 27.2 Å². The number of carbonyl (C=O) groups excluding carboxylic acids is 1. The second-order valence-corrected chi connectivity index (χ2v) is 8.28. The first-order valence-electron chi connectivity index (χ1n) is 8.58. The van der Waals surface area contributed by atoms with Crippen molar-refractivity contribution in [2.24, 2.45) is 0 Å². The first kappa shape index (κ1) is 19.5. The average molecular weight is 394 g/mol. The molecule has 0 unspecified atom stereocenters. The summed E-state index contributed by atoms with van der Waals surface area (Å²) in [5.74, 6) is -0.0202. The van der Waals surface area contributed by atoms with E-state index in [1.165, 1.54) is 10.4 Å². The summed E-state index contributed by atoms with van der Waals surface area (Å²) in [6, 6.07) is 4.54. The van der Waals surface area contributed by atoms with Gasteiger partial charge in [0.25, 0.3) is 0 Å². The Bertz CT molecular complexity index is 925. The Balaban J connectivity index is 1.81. The van der Waals surface area contributed by atoms with Crippen LogP contribution in [-0.2, 0) is 26.1 Å². The lowest BCUT2D eigenvalue weighted by Crippen LogP contribution is -2.40. The molecule has 27 heavy (non-hydrogen) atoms. The van der Waals surface area contributed by atoms with E-state index in [0.29, 0.717) is 48.9 Å². The summed E-state index contributed by atoms with van der Waals surface area (Å²) in [4.78, 5) is 12.5. The largest absolute Gasteiger partial charge is 0.457 e. The molecule has 0 aliphatic carbocycles. The third-order valence-corrected chi connectivity index (χ3v) is 6.58. The van der Waals surface area contributed by atoms with Gasteiger partial charge in [-0.15, -0.1) is 0 Å². The minimum Gasteiger partial charge on any atom is -0.457 e. The zero-order chi connectivity index (χ0) is 19.6. The van der Waals surface area contributed by atoms with Crippen LogP contribution in [0, 0.1) is 20.8 Å². The van der Waals surface area contributed by atoms with Crippen LogP contribution < -0.4 is 0 Å². The smallest absolute Gasteiger partial charge is 0.338 e. The van der Waals surface area contributed by atoms with Crippen LogP contribution in [0.1, 0.15) is 32.9 Å². The number of benzene rings is 1. The van der Waals surface area contributed by atoms with Crippen molar-refractivity contribution in [3.8, 4) is 0 Å². The number of aromatic nitrogens is 1. The zero-order valence-corrected chi connectivity index (χ0v) is 16.3. The molecule has 0 bridgehead atoms. The molecule has 0 spiro atoms. The molecule has 2 heterocycles. The fraction of sp³-hybridized carbons (Fsp3) is 0.444. The number of nitrogens with zero attached hydrogens (tertiary/aromatic N) is 2. The number of morpholine rings is 1. The van der Waals surface area contributed by atoms with Gasteiger partial charge >= 0.3 is 5.97 Å². The van der Waals surface area contributed by atoms with E-state index < -0.39 is 16.0 Å². The molecule has 0 N–H and O–H groups in total. The zero-order valence-electron chi connectivity index (χ0n) is 15.5. The van der Waals surface area contributed by atoms with Crippen molar-refractivity contribution in [2.75, 3.05) is 26.3 Å². The molecule has 0 atom stereocenters. The molecule has 1 aliphatic heterocycles. The lowest BCUT2D eigenvalue weighted by atomic mass is 10.1. The van der Waals surface area contributed by atoms with Gasteiger partial charge in [0.2, 0.25) is 10.0 Å². The lowest BCUT2D eigenvalue weighted by molar-refractivity contribution is 0.0470. The van der Waals surface area contributed by atoms with Gasteiger partial charge in [-0.25, -0.2) is 13.2 Å². The summed E-state index contributed by atoms with van der Waals surface area (Å²) in [5, 5.41) is 3.82. The summed E-state index contributed by atoms with van der Waals surface area (Å²) in [6.45, 7) is 6.52. The number of carbonyl (C=O) groups is 1. The summed E-state index contributed by atoms with van der Waals surface area (Å²) >= 11 is 0. The van der Waals surface area contributed by atoms with Crippen LogP contribution in [0.4, 0.5) is 0 Å². The Morgan fingerprint density at radius 1 is 1.22 bits per heavy atom. The summed E-state index contributed by atoms with van der Waals surface area (Å²) < 4.78 is 42.8. The minimum atomic E-state index is -3.70. The highest BCUT2D eigenvalue weighted by Crippen LogP contribution is 2.23. The summed E-state index contributed by atoms with van der Waals surface area (Å²) in [6.07, 6.45) is 0. The molecule has 0 radical (unpaired) electrons. The van der Waals surface area contributed by atoms with Gasteiger partial charge in [0.05, 0.1) is 34.9 Å². The van der Waals surface area contributed by atoms with Crippen LogP contribution in [0.25, 0.3) is 0 Å². The third kappa shape index (κ3) is 4.05. The fourth-order valence-corrected chi connectivity index (χ4v) is 4.52. The Kier molecular flexibility index (Phi) is 5.64. The van der Waals surface area contributed by atoms with E-state index in [-0.39, 0.29) is 17.1 Å². The molecule has 1 saturated heterocycles. The van der Waals surface area contributed by atoms with Gasteiger partial charge in [0.1, 0.15) is 12.4 Å². The van der Waals surface area contributed by atoms with E-state index in [1.807, 2.05) is 0 Å². The van der Waals surface area contributed by atoms with E-state index >= 15 is 0 Å². The molecule has 1 aromatic heterocycles. The van der Waals surface area contributed by atoms with Gasteiger partial charge in [-0.05, 0) is 38.5 Å². The second kappa shape index (κ2) is 7.79. The topological polar surface area (TPSA) is 98.9 Å². The van der Waals surface area contributed by atoms with Gasteiger partial charge in [-0.1, -0.05) is 11.2 Å². The van der Waals surface area contributed by atoms with Crippen LogP contribution in [-0.4, -0.2) is 50.2 Å². The van der Waals surface area contributed by atoms with Crippen LogP contribution in [0.5, 0.6) is 0 Å². The van der Waals surface area contributed by atoms with Crippen molar-refractivity contribution in [1.82, 2.24) is 9.46 Å². The van der Waals surface area contributed by atoms with E-state index in [1.54, 1.807) is 32.9 Å². The SMILES string of the molecule is Cc1ccc(C(=O)OCc2c(C)noc2C)cc1S(=O)(=O)N1CCOCC1. The highest BCUT2D eigenvalue weighted by Gasteiger charge is 2.28. The number of sulfonamides is 1. The molecule has 8 nitrogen and oxygen atoms in total. The maximum atomic E-state index is 12.9. The quantitative estimate of drug-likeness (QED) is 0.715. The first-order valence-corrected chi connectivity index (χ1v) is 10.0. The number of ether oxygens (including phenoxy) is 2. The summed E-state index contributed by atoms with van der Waals surface area (Å²) in [7, 11) is -3.70. The van der Waals surface area contributed by atoms with Crippen LogP contribution in [0.2, 0.25) is 0 Å². The standard InChI is InChI=1S/C18H22N2O6S/c1-12-4-5-15(18(21)25-11-16-13(2)19-26-14(16)3)10-17(12)27(22,23)20-6-8-24-9-7-20/h4-5,10H,6-9,11H2,1-3H3. The Morgan fingerprint density at radius 2 is 1.93 bits per heavy atom. The van der Waals surface area contributed by atoms with Crippen molar-refractivity contribution in [3.63, 3.8) is 0 Å².